The van der Waals surface area contributed by atoms with Gasteiger partial charge in [0.2, 0.25) is 0 Å². The topological polar surface area (TPSA) is 32.9 Å². The van der Waals surface area contributed by atoms with Crippen LogP contribution in [0.2, 0.25) is 0 Å². The Morgan fingerprint density at radius 1 is 1.21 bits per heavy atom. The first kappa shape index (κ1) is 9.00. The van der Waals surface area contributed by atoms with Gasteiger partial charge >= 0.3 is 0 Å². The van der Waals surface area contributed by atoms with Crippen molar-refractivity contribution in [2.75, 3.05) is 0 Å². The summed E-state index contributed by atoms with van der Waals surface area (Å²) in [5.41, 5.74) is 1.71. The Hall–Kier alpha value is -1.57. The van der Waals surface area contributed by atoms with E-state index in [1.54, 1.807) is 12.3 Å². The van der Waals surface area contributed by atoms with Crippen LogP contribution in [0, 0.1) is 5.41 Å². The highest BCUT2D eigenvalue weighted by atomic mass is 16.1. The van der Waals surface area contributed by atoms with E-state index in [0.29, 0.717) is 0 Å². The van der Waals surface area contributed by atoms with Crippen LogP contribution in [-0.4, -0.2) is 4.98 Å². The molecule has 1 heterocycles. The molecule has 14 heavy (non-hydrogen) atoms. The van der Waals surface area contributed by atoms with Crippen molar-refractivity contribution in [1.29, 1.82) is 0 Å². The molecule has 0 aliphatic heterocycles. The fourth-order valence-electron chi connectivity index (χ4n) is 1.47. The van der Waals surface area contributed by atoms with E-state index in [0.717, 1.165) is 11.3 Å². The van der Waals surface area contributed by atoms with Gasteiger partial charge in [-0.3, -0.25) is 4.79 Å². The molecule has 1 aliphatic rings. The van der Waals surface area contributed by atoms with E-state index in [2.05, 4.69) is 24.9 Å². The Labute approximate surface area is 83.0 Å². The molecule has 0 bridgehead atoms. The summed E-state index contributed by atoms with van der Waals surface area (Å²) in [6.07, 6.45) is 9.68. The van der Waals surface area contributed by atoms with Gasteiger partial charge in [0.25, 0.3) is 0 Å². The van der Waals surface area contributed by atoms with Crippen LogP contribution in [0.25, 0.3) is 12.2 Å². The van der Waals surface area contributed by atoms with E-state index < -0.39 is 0 Å². The summed E-state index contributed by atoms with van der Waals surface area (Å²) in [6.45, 7) is 4.21. The lowest BCUT2D eigenvalue weighted by molar-refractivity contribution is 0.633. The van der Waals surface area contributed by atoms with E-state index >= 15 is 0 Å². The van der Waals surface area contributed by atoms with Crippen LogP contribution in [0.3, 0.4) is 0 Å². The smallest absolute Gasteiger partial charge is 0.189 e. The molecule has 0 saturated carbocycles. The van der Waals surface area contributed by atoms with Gasteiger partial charge in [-0.2, -0.15) is 0 Å². The highest BCUT2D eigenvalue weighted by Crippen LogP contribution is 2.25. The van der Waals surface area contributed by atoms with Gasteiger partial charge in [-0.1, -0.05) is 32.1 Å². The maximum atomic E-state index is 11.5. The van der Waals surface area contributed by atoms with Gasteiger partial charge in [-0.05, 0) is 6.08 Å². The number of rotatable bonds is 0. The van der Waals surface area contributed by atoms with Gasteiger partial charge in [0.15, 0.2) is 5.43 Å². The summed E-state index contributed by atoms with van der Waals surface area (Å²) < 4.78 is 0. The Morgan fingerprint density at radius 2 is 1.93 bits per heavy atom. The van der Waals surface area contributed by atoms with Crippen molar-refractivity contribution in [3.63, 3.8) is 0 Å². The molecule has 1 aromatic rings. The average Bonchev–Trinajstić information content (AvgIpc) is 2.27. The maximum Gasteiger partial charge on any atom is 0.189 e. The molecular formula is C12H13NO. The van der Waals surface area contributed by atoms with Crippen molar-refractivity contribution < 1.29 is 0 Å². The van der Waals surface area contributed by atoms with E-state index in [4.69, 9.17) is 0 Å². The van der Waals surface area contributed by atoms with Crippen molar-refractivity contribution in [2.45, 2.75) is 13.8 Å². The SMILES string of the molecule is CC1(C)C=Cc2[nH]ccc(=O)c2C=C1. The molecule has 1 aliphatic carbocycles. The maximum absolute atomic E-state index is 11.5. The zero-order chi connectivity index (χ0) is 10.2. The van der Waals surface area contributed by atoms with E-state index in [1.165, 1.54) is 0 Å². The van der Waals surface area contributed by atoms with Crippen LogP contribution in [0.1, 0.15) is 25.1 Å². The summed E-state index contributed by atoms with van der Waals surface area (Å²) in [5.74, 6) is 0. The third kappa shape index (κ3) is 1.55. The number of hydrogen-bond donors (Lipinski definition) is 1. The fraction of sp³-hybridized carbons (Fsp3) is 0.250. The summed E-state index contributed by atoms with van der Waals surface area (Å²) in [7, 11) is 0. The monoisotopic (exact) mass is 187 g/mol. The third-order valence-corrected chi connectivity index (χ3v) is 2.39. The highest BCUT2D eigenvalue weighted by molar-refractivity contribution is 5.65. The van der Waals surface area contributed by atoms with Crippen molar-refractivity contribution in [2.24, 2.45) is 5.41 Å². The lowest BCUT2D eigenvalue weighted by Gasteiger charge is -2.11. The van der Waals surface area contributed by atoms with Gasteiger partial charge in [-0.15, -0.1) is 0 Å². The van der Waals surface area contributed by atoms with Gasteiger partial charge in [0.05, 0.1) is 0 Å². The number of nitrogens with one attached hydrogen (secondary N) is 1. The average molecular weight is 187 g/mol. The van der Waals surface area contributed by atoms with Crippen LogP contribution < -0.4 is 5.43 Å². The largest absolute Gasteiger partial charge is 0.361 e. The molecule has 2 rings (SSSR count). The Morgan fingerprint density at radius 3 is 2.71 bits per heavy atom. The molecule has 0 fully saturated rings. The number of allylic oxidation sites excluding steroid dienone is 2. The molecule has 1 aromatic heterocycles. The molecule has 2 heteroatoms. The third-order valence-electron chi connectivity index (χ3n) is 2.39. The normalized spacial score (nSPS) is 17.6. The Kier molecular flexibility index (Phi) is 1.92. The first-order valence-electron chi connectivity index (χ1n) is 4.69. The first-order valence-corrected chi connectivity index (χ1v) is 4.69. The van der Waals surface area contributed by atoms with Gasteiger partial charge in [0, 0.05) is 28.9 Å². The second-order valence-electron chi connectivity index (χ2n) is 4.16. The first-order chi connectivity index (χ1) is 6.58. The fourth-order valence-corrected chi connectivity index (χ4v) is 1.47. The van der Waals surface area contributed by atoms with Crippen molar-refractivity contribution in [3.05, 3.63) is 45.9 Å². The molecule has 72 valence electrons. The Bertz CT molecular complexity index is 463. The van der Waals surface area contributed by atoms with Gasteiger partial charge in [-0.25, -0.2) is 0 Å². The molecule has 0 radical (unpaired) electrons. The summed E-state index contributed by atoms with van der Waals surface area (Å²) in [4.78, 5) is 14.6. The molecule has 0 unspecified atom stereocenters. The Balaban J connectivity index is 2.66. The van der Waals surface area contributed by atoms with Gasteiger partial charge < -0.3 is 4.98 Å². The van der Waals surface area contributed by atoms with E-state index in [9.17, 15) is 4.79 Å². The van der Waals surface area contributed by atoms with Crippen LogP contribution in [0.15, 0.2) is 29.2 Å². The molecular weight excluding hydrogens is 174 g/mol. The number of fused-ring (bicyclic) bond motifs is 1. The molecule has 0 atom stereocenters. The van der Waals surface area contributed by atoms with Gasteiger partial charge in [0.1, 0.15) is 0 Å². The second-order valence-corrected chi connectivity index (χ2v) is 4.16. The summed E-state index contributed by atoms with van der Waals surface area (Å²) >= 11 is 0. The molecule has 0 spiro atoms. The number of aromatic amines is 1. The number of hydrogen-bond acceptors (Lipinski definition) is 1. The molecule has 2 nitrogen and oxygen atoms in total. The predicted molar refractivity (Wildman–Crippen MR) is 58.9 cm³/mol. The highest BCUT2D eigenvalue weighted by Gasteiger charge is 2.13. The van der Waals surface area contributed by atoms with Crippen LogP contribution in [0.5, 0.6) is 0 Å². The van der Waals surface area contributed by atoms with E-state index in [-0.39, 0.29) is 10.8 Å². The lowest BCUT2D eigenvalue weighted by atomic mass is 9.93. The number of H-pyrrole nitrogens is 1. The lowest BCUT2D eigenvalue weighted by Crippen LogP contribution is -2.05. The minimum Gasteiger partial charge on any atom is -0.361 e. The van der Waals surface area contributed by atoms with Crippen LogP contribution in [0.4, 0.5) is 0 Å². The predicted octanol–water partition coefficient (Wildman–Crippen LogP) is 2.44. The van der Waals surface area contributed by atoms with Crippen molar-refractivity contribution in [1.82, 2.24) is 4.98 Å². The molecule has 0 amide bonds. The summed E-state index contributed by atoms with van der Waals surface area (Å²) in [5, 5.41) is 0. The summed E-state index contributed by atoms with van der Waals surface area (Å²) in [6, 6.07) is 1.55. The van der Waals surface area contributed by atoms with E-state index in [1.807, 2.05) is 18.2 Å². The van der Waals surface area contributed by atoms with Crippen LogP contribution >= 0.6 is 0 Å². The standard InChI is InChI=1S/C12H13NO/c1-12(2)6-3-9-10(4-7-12)13-8-5-11(9)14/h3-8H,1-2H3,(H,13,14). The molecule has 0 aromatic carbocycles. The molecule has 0 saturated heterocycles. The minimum absolute atomic E-state index is 0.0132. The number of aromatic nitrogens is 1. The zero-order valence-corrected chi connectivity index (χ0v) is 8.37. The number of pyridine rings is 1. The second kappa shape index (κ2) is 2.98. The molecule has 1 N–H and O–H groups in total. The quantitative estimate of drug-likeness (QED) is 0.664. The van der Waals surface area contributed by atoms with Crippen LogP contribution in [-0.2, 0) is 0 Å². The minimum atomic E-state index is 0.0132. The van der Waals surface area contributed by atoms with Crippen molar-refractivity contribution in [3.8, 4) is 0 Å². The van der Waals surface area contributed by atoms with Crippen molar-refractivity contribution >= 4 is 12.2 Å². The zero-order valence-electron chi connectivity index (χ0n) is 8.37.